The summed E-state index contributed by atoms with van der Waals surface area (Å²) in [5.74, 6) is -1.32. The van der Waals surface area contributed by atoms with Crippen molar-refractivity contribution in [1.82, 2.24) is 9.55 Å². The van der Waals surface area contributed by atoms with E-state index in [4.69, 9.17) is 4.74 Å². The molecule has 3 rings (SSSR count). The molecule has 27 heavy (non-hydrogen) atoms. The highest BCUT2D eigenvalue weighted by Gasteiger charge is 2.46. The molecule has 2 heterocycles. The molecule has 1 N–H and O–H groups in total. The fourth-order valence-corrected chi connectivity index (χ4v) is 2.85. The molecule has 142 valence electrons. The number of hydrogen-bond donors (Lipinski definition) is 1. The number of carbonyl (C=O) groups excluding carboxylic acids is 1. The van der Waals surface area contributed by atoms with Crippen LogP contribution in [0.2, 0.25) is 0 Å². The van der Waals surface area contributed by atoms with Gasteiger partial charge in [0.25, 0.3) is 5.69 Å². The maximum absolute atomic E-state index is 13.6. The number of aromatic nitrogens is 2. The molecule has 11 heteroatoms. The Morgan fingerprint density at radius 3 is 2.81 bits per heavy atom. The molecule has 8 nitrogen and oxygen atoms in total. The molecule has 1 aliphatic heterocycles. The lowest BCUT2D eigenvalue weighted by Crippen LogP contribution is -2.35. The number of halogens is 3. The number of hydrogen-bond acceptors (Lipinski definition) is 6. The van der Waals surface area contributed by atoms with Crippen LogP contribution < -0.4 is 5.32 Å². The van der Waals surface area contributed by atoms with Gasteiger partial charge in [-0.3, -0.25) is 10.1 Å². The number of ether oxygens (including phenoxy) is 1. The van der Waals surface area contributed by atoms with E-state index < -0.39 is 34.4 Å². The summed E-state index contributed by atoms with van der Waals surface area (Å²) in [6.07, 6.45) is -2.26. The zero-order valence-electron chi connectivity index (χ0n) is 13.9. The average Bonchev–Trinajstić information content (AvgIpc) is 3.08. The van der Waals surface area contributed by atoms with Gasteiger partial charge in [0.05, 0.1) is 23.1 Å². The van der Waals surface area contributed by atoms with Crippen LogP contribution in [0.1, 0.15) is 18.5 Å². The summed E-state index contributed by atoms with van der Waals surface area (Å²) < 4.78 is 47.0. The van der Waals surface area contributed by atoms with Gasteiger partial charge in [0.15, 0.2) is 0 Å². The molecular formula is C16H13F3N4O4. The Morgan fingerprint density at radius 1 is 1.44 bits per heavy atom. The minimum atomic E-state index is -4.89. The maximum atomic E-state index is 13.6. The number of nitrogens with zero attached hydrogens (tertiary/aromatic N) is 3. The van der Waals surface area contributed by atoms with Gasteiger partial charge in [-0.25, -0.2) is 9.78 Å². The number of non-ortho nitro benzene ring substituents is 1. The molecule has 0 spiro atoms. The maximum Gasteiger partial charge on any atom is 0.431 e. The normalized spacial score (nSPS) is 16.5. The summed E-state index contributed by atoms with van der Waals surface area (Å²) >= 11 is 0. The third kappa shape index (κ3) is 3.35. The highest BCUT2D eigenvalue weighted by molar-refractivity contribution is 5.93. The first-order valence-corrected chi connectivity index (χ1v) is 7.76. The summed E-state index contributed by atoms with van der Waals surface area (Å²) in [7, 11) is 0. The zero-order valence-corrected chi connectivity index (χ0v) is 13.9. The Bertz CT molecular complexity index is 936. The number of imidazole rings is 1. The third-order valence-corrected chi connectivity index (χ3v) is 3.90. The van der Waals surface area contributed by atoms with E-state index in [2.05, 4.69) is 10.3 Å². The number of benzene rings is 1. The van der Waals surface area contributed by atoms with E-state index in [-0.39, 0.29) is 23.8 Å². The van der Waals surface area contributed by atoms with Crippen LogP contribution in [0.25, 0.3) is 0 Å². The molecule has 0 saturated carbocycles. The summed E-state index contributed by atoms with van der Waals surface area (Å²) in [4.78, 5) is 26.6. The molecule has 1 atom stereocenters. The minimum absolute atomic E-state index is 0.120. The van der Waals surface area contributed by atoms with Crippen LogP contribution in [0.3, 0.4) is 0 Å². The van der Waals surface area contributed by atoms with Gasteiger partial charge in [-0.05, 0) is 12.5 Å². The number of esters is 1. The number of allylic oxidation sites excluding steroid dienone is 1. The van der Waals surface area contributed by atoms with Crippen LogP contribution in [0, 0.1) is 10.1 Å². The number of carbonyl (C=O) groups is 1. The van der Waals surface area contributed by atoms with Crippen molar-refractivity contribution in [2.24, 2.45) is 0 Å². The molecule has 0 bridgehead atoms. The summed E-state index contributed by atoms with van der Waals surface area (Å²) in [5, 5.41) is 13.2. The first-order valence-electron chi connectivity index (χ1n) is 7.76. The van der Waals surface area contributed by atoms with Crippen LogP contribution >= 0.6 is 0 Å². The largest absolute Gasteiger partial charge is 0.463 e. The molecule has 0 fully saturated rings. The van der Waals surface area contributed by atoms with Crippen molar-refractivity contribution in [3.8, 4) is 0 Å². The molecule has 1 aromatic carbocycles. The molecular weight excluding hydrogens is 369 g/mol. The quantitative estimate of drug-likeness (QED) is 0.495. The lowest BCUT2D eigenvalue weighted by Gasteiger charge is -2.31. The second kappa shape index (κ2) is 6.74. The Labute approximate surface area is 150 Å². The highest BCUT2D eigenvalue weighted by atomic mass is 19.4. The fourth-order valence-electron chi connectivity index (χ4n) is 2.85. The lowest BCUT2D eigenvalue weighted by atomic mass is 9.94. The molecule has 1 aromatic heterocycles. The number of fused-ring (bicyclic) bond motifs is 1. The van der Waals surface area contributed by atoms with E-state index in [1.807, 2.05) is 0 Å². The van der Waals surface area contributed by atoms with Gasteiger partial charge in [0.2, 0.25) is 5.95 Å². The Balaban J connectivity index is 2.27. The second-order valence-electron chi connectivity index (χ2n) is 5.54. The van der Waals surface area contributed by atoms with Crippen molar-refractivity contribution >= 4 is 17.6 Å². The van der Waals surface area contributed by atoms with Gasteiger partial charge in [-0.2, -0.15) is 13.2 Å². The van der Waals surface area contributed by atoms with Crippen LogP contribution in [0.15, 0.2) is 47.9 Å². The van der Waals surface area contributed by atoms with Gasteiger partial charge in [0, 0.05) is 24.5 Å². The third-order valence-electron chi connectivity index (χ3n) is 3.90. The van der Waals surface area contributed by atoms with Gasteiger partial charge >= 0.3 is 12.1 Å². The van der Waals surface area contributed by atoms with E-state index in [1.165, 1.54) is 42.1 Å². The first kappa shape index (κ1) is 18.4. The Kier molecular flexibility index (Phi) is 4.60. The number of rotatable bonds is 4. The summed E-state index contributed by atoms with van der Waals surface area (Å²) in [5.41, 5.74) is -2.20. The number of alkyl halides is 3. The molecule has 0 amide bonds. The molecule has 0 radical (unpaired) electrons. The number of nitro benzene ring substituents is 1. The average molecular weight is 382 g/mol. The summed E-state index contributed by atoms with van der Waals surface area (Å²) in [6.45, 7) is 1.33. The fraction of sp³-hybridized carbons (Fsp3) is 0.250. The standard InChI is InChI=1S/C16H13F3N4O4/c1-2-27-14(24)11-12(9-4-3-5-10(8-9)23(25)26)22-7-6-20-15(22)21-13(11)16(17,18)19/h3-8,12H,2H2,1H3,(H,20,21). The van der Waals surface area contributed by atoms with Crippen LogP contribution in [-0.2, 0) is 9.53 Å². The number of nitrogens with one attached hydrogen (secondary N) is 1. The van der Waals surface area contributed by atoms with Gasteiger partial charge < -0.3 is 14.6 Å². The smallest absolute Gasteiger partial charge is 0.431 e. The predicted molar refractivity (Wildman–Crippen MR) is 86.8 cm³/mol. The zero-order chi connectivity index (χ0) is 19.8. The van der Waals surface area contributed by atoms with Gasteiger partial charge in [-0.1, -0.05) is 12.1 Å². The highest BCUT2D eigenvalue weighted by Crippen LogP contribution is 2.42. The van der Waals surface area contributed by atoms with Crippen molar-refractivity contribution in [3.63, 3.8) is 0 Å². The molecule has 1 unspecified atom stereocenters. The molecule has 2 aromatic rings. The monoisotopic (exact) mass is 382 g/mol. The first-order chi connectivity index (χ1) is 12.7. The van der Waals surface area contributed by atoms with Crippen LogP contribution in [0.4, 0.5) is 24.8 Å². The molecule has 0 saturated heterocycles. The summed E-state index contributed by atoms with van der Waals surface area (Å²) in [6, 6.07) is 3.77. The molecule has 1 aliphatic rings. The van der Waals surface area contributed by atoms with Crippen LogP contribution in [-0.4, -0.2) is 33.2 Å². The van der Waals surface area contributed by atoms with E-state index in [0.29, 0.717) is 0 Å². The van der Waals surface area contributed by atoms with E-state index in [9.17, 15) is 28.1 Å². The Morgan fingerprint density at radius 2 is 2.19 bits per heavy atom. The minimum Gasteiger partial charge on any atom is -0.463 e. The van der Waals surface area contributed by atoms with Crippen molar-refractivity contribution in [1.29, 1.82) is 0 Å². The predicted octanol–water partition coefficient (Wildman–Crippen LogP) is 3.19. The SMILES string of the molecule is CCOC(=O)C1=C(C(F)(F)F)Nc2nccn2C1c1cccc([N+](=O)[O-])c1. The second-order valence-corrected chi connectivity index (χ2v) is 5.54. The van der Waals surface area contributed by atoms with E-state index >= 15 is 0 Å². The molecule has 0 aliphatic carbocycles. The van der Waals surface area contributed by atoms with Crippen molar-refractivity contribution in [2.45, 2.75) is 19.1 Å². The number of nitro groups is 1. The number of anilines is 1. The van der Waals surface area contributed by atoms with E-state index in [1.54, 1.807) is 0 Å². The van der Waals surface area contributed by atoms with Gasteiger partial charge in [0.1, 0.15) is 5.70 Å². The van der Waals surface area contributed by atoms with Crippen LogP contribution in [0.5, 0.6) is 0 Å². The Hall–Kier alpha value is -3.37. The topological polar surface area (TPSA) is 99.3 Å². The van der Waals surface area contributed by atoms with E-state index in [0.717, 1.165) is 6.07 Å². The van der Waals surface area contributed by atoms with Crippen molar-refractivity contribution < 1.29 is 27.6 Å². The lowest BCUT2D eigenvalue weighted by molar-refractivity contribution is -0.384. The van der Waals surface area contributed by atoms with Crippen molar-refractivity contribution in [3.05, 3.63) is 63.6 Å². The van der Waals surface area contributed by atoms with Crippen molar-refractivity contribution in [2.75, 3.05) is 11.9 Å². The van der Waals surface area contributed by atoms with Gasteiger partial charge in [-0.15, -0.1) is 0 Å².